The summed E-state index contributed by atoms with van der Waals surface area (Å²) in [5.41, 5.74) is 6.46. The van der Waals surface area contributed by atoms with E-state index in [0.717, 1.165) is 30.2 Å². The summed E-state index contributed by atoms with van der Waals surface area (Å²) in [6.07, 6.45) is 13.1. The molecule has 0 aliphatic heterocycles. The van der Waals surface area contributed by atoms with E-state index in [1.54, 1.807) is 0 Å². The van der Waals surface area contributed by atoms with Crippen LogP contribution < -0.4 is 5.73 Å². The van der Waals surface area contributed by atoms with Crippen molar-refractivity contribution < 1.29 is 0 Å². The van der Waals surface area contributed by atoms with E-state index in [0.29, 0.717) is 6.04 Å². The third-order valence-electron chi connectivity index (χ3n) is 6.21. The molecule has 110 valence electrons. The molecule has 3 aliphatic rings. The lowest BCUT2D eigenvalue weighted by Gasteiger charge is -2.33. The van der Waals surface area contributed by atoms with Crippen LogP contribution in [0.2, 0.25) is 0 Å². The molecule has 3 aliphatic carbocycles. The van der Waals surface area contributed by atoms with E-state index in [2.05, 4.69) is 11.9 Å². The van der Waals surface area contributed by atoms with Gasteiger partial charge in [-0.2, -0.15) is 0 Å². The third kappa shape index (κ3) is 3.33. The Labute approximate surface area is 119 Å². The molecule has 0 radical (unpaired) electrons. The molecule has 3 saturated carbocycles. The van der Waals surface area contributed by atoms with Crippen molar-refractivity contribution in [2.75, 3.05) is 20.1 Å². The molecule has 2 N–H and O–H groups in total. The van der Waals surface area contributed by atoms with E-state index in [1.807, 2.05) is 0 Å². The minimum absolute atomic E-state index is 0.420. The molecule has 4 unspecified atom stereocenters. The van der Waals surface area contributed by atoms with Crippen molar-refractivity contribution in [3.05, 3.63) is 0 Å². The van der Waals surface area contributed by atoms with Gasteiger partial charge in [-0.25, -0.2) is 0 Å². The zero-order chi connectivity index (χ0) is 13.2. The summed E-state index contributed by atoms with van der Waals surface area (Å²) >= 11 is 0. The van der Waals surface area contributed by atoms with Gasteiger partial charge in [0.15, 0.2) is 0 Å². The molecule has 2 nitrogen and oxygen atoms in total. The first kappa shape index (κ1) is 13.9. The van der Waals surface area contributed by atoms with E-state index in [4.69, 9.17) is 5.73 Å². The predicted molar refractivity (Wildman–Crippen MR) is 81.0 cm³/mol. The molecule has 0 aromatic rings. The van der Waals surface area contributed by atoms with Crippen molar-refractivity contribution >= 4 is 0 Å². The standard InChI is InChI=1S/C17H32N2/c1-19(11-16-10-13-7-8-15(16)9-13)12-17(18)14-5-3-2-4-6-14/h13-17H,2-12,18H2,1H3. The fraction of sp³-hybridized carbons (Fsp3) is 1.00. The lowest BCUT2D eigenvalue weighted by Crippen LogP contribution is -2.43. The highest BCUT2D eigenvalue weighted by Gasteiger charge is 2.39. The summed E-state index contributed by atoms with van der Waals surface area (Å²) in [6.45, 7) is 2.43. The van der Waals surface area contributed by atoms with Gasteiger partial charge < -0.3 is 10.6 Å². The van der Waals surface area contributed by atoms with Gasteiger partial charge >= 0.3 is 0 Å². The van der Waals surface area contributed by atoms with Crippen LogP contribution in [0.25, 0.3) is 0 Å². The Hall–Kier alpha value is -0.0800. The molecule has 0 saturated heterocycles. The number of nitrogens with two attached hydrogens (primary N) is 1. The van der Waals surface area contributed by atoms with Gasteiger partial charge in [-0.15, -0.1) is 0 Å². The van der Waals surface area contributed by atoms with Gasteiger partial charge in [0.25, 0.3) is 0 Å². The molecule has 19 heavy (non-hydrogen) atoms. The summed E-state index contributed by atoms with van der Waals surface area (Å²) in [4.78, 5) is 2.55. The lowest BCUT2D eigenvalue weighted by molar-refractivity contribution is 0.185. The second-order valence-corrected chi connectivity index (χ2v) is 7.72. The Bertz CT molecular complexity index is 285. The summed E-state index contributed by atoms with van der Waals surface area (Å²) < 4.78 is 0. The number of fused-ring (bicyclic) bond motifs is 2. The number of hydrogen-bond donors (Lipinski definition) is 1. The Morgan fingerprint density at radius 1 is 1.05 bits per heavy atom. The lowest BCUT2D eigenvalue weighted by atomic mass is 9.84. The van der Waals surface area contributed by atoms with Crippen LogP contribution in [-0.2, 0) is 0 Å². The Morgan fingerprint density at radius 2 is 1.84 bits per heavy atom. The van der Waals surface area contributed by atoms with E-state index >= 15 is 0 Å². The first-order valence-electron chi connectivity index (χ1n) is 8.66. The van der Waals surface area contributed by atoms with Gasteiger partial charge in [-0.1, -0.05) is 25.7 Å². The molecule has 2 heteroatoms. The van der Waals surface area contributed by atoms with Crippen LogP contribution in [0.15, 0.2) is 0 Å². The number of likely N-dealkylation sites (N-methyl/N-ethyl adjacent to an activating group) is 1. The zero-order valence-corrected chi connectivity index (χ0v) is 12.7. The van der Waals surface area contributed by atoms with Gasteiger partial charge in [0, 0.05) is 19.1 Å². The fourth-order valence-corrected chi connectivity index (χ4v) is 5.15. The van der Waals surface area contributed by atoms with Crippen LogP contribution >= 0.6 is 0 Å². The van der Waals surface area contributed by atoms with Crippen LogP contribution in [-0.4, -0.2) is 31.1 Å². The Morgan fingerprint density at radius 3 is 2.47 bits per heavy atom. The maximum atomic E-state index is 6.46. The average Bonchev–Trinajstić information content (AvgIpc) is 3.02. The predicted octanol–water partition coefficient (Wildman–Crippen LogP) is 3.26. The molecule has 0 spiro atoms. The summed E-state index contributed by atoms with van der Waals surface area (Å²) in [6, 6.07) is 0.420. The molecule has 4 atom stereocenters. The largest absolute Gasteiger partial charge is 0.326 e. The monoisotopic (exact) mass is 264 g/mol. The molecule has 0 heterocycles. The van der Waals surface area contributed by atoms with Crippen LogP contribution in [0.1, 0.15) is 57.8 Å². The van der Waals surface area contributed by atoms with Crippen LogP contribution in [0.3, 0.4) is 0 Å². The fourth-order valence-electron chi connectivity index (χ4n) is 5.15. The zero-order valence-electron chi connectivity index (χ0n) is 12.7. The summed E-state index contributed by atoms with van der Waals surface area (Å²) in [5.74, 6) is 3.92. The van der Waals surface area contributed by atoms with Crippen molar-refractivity contribution in [1.82, 2.24) is 4.90 Å². The smallest absolute Gasteiger partial charge is 0.0196 e. The van der Waals surface area contributed by atoms with Gasteiger partial charge in [-0.05, 0) is 62.8 Å². The normalized spacial score (nSPS) is 37.1. The number of nitrogens with zero attached hydrogens (tertiary/aromatic N) is 1. The van der Waals surface area contributed by atoms with Crippen molar-refractivity contribution in [2.45, 2.75) is 63.8 Å². The van der Waals surface area contributed by atoms with E-state index in [1.165, 1.54) is 64.3 Å². The van der Waals surface area contributed by atoms with Gasteiger partial charge in [0.1, 0.15) is 0 Å². The van der Waals surface area contributed by atoms with Gasteiger partial charge in [0.05, 0.1) is 0 Å². The summed E-state index contributed by atoms with van der Waals surface area (Å²) in [5, 5.41) is 0. The first-order valence-corrected chi connectivity index (χ1v) is 8.66. The van der Waals surface area contributed by atoms with Gasteiger partial charge in [-0.3, -0.25) is 0 Å². The molecular weight excluding hydrogens is 232 g/mol. The van der Waals surface area contributed by atoms with Crippen molar-refractivity contribution in [3.8, 4) is 0 Å². The topological polar surface area (TPSA) is 29.3 Å². The van der Waals surface area contributed by atoms with Gasteiger partial charge in [0.2, 0.25) is 0 Å². The third-order valence-corrected chi connectivity index (χ3v) is 6.21. The average molecular weight is 264 g/mol. The second-order valence-electron chi connectivity index (χ2n) is 7.72. The molecule has 0 aromatic heterocycles. The number of hydrogen-bond acceptors (Lipinski definition) is 2. The first-order chi connectivity index (χ1) is 9.22. The Kier molecular flexibility index (Phi) is 4.48. The minimum atomic E-state index is 0.420. The van der Waals surface area contributed by atoms with Crippen molar-refractivity contribution in [1.29, 1.82) is 0 Å². The molecular formula is C17H32N2. The second kappa shape index (κ2) is 6.13. The molecule has 3 rings (SSSR count). The number of rotatable bonds is 5. The maximum Gasteiger partial charge on any atom is 0.0196 e. The molecule has 3 fully saturated rings. The highest BCUT2D eigenvalue weighted by molar-refractivity contribution is 4.91. The van der Waals surface area contributed by atoms with E-state index in [-0.39, 0.29) is 0 Å². The summed E-state index contributed by atoms with van der Waals surface area (Å²) in [7, 11) is 2.30. The van der Waals surface area contributed by atoms with Crippen LogP contribution in [0, 0.1) is 23.7 Å². The maximum absolute atomic E-state index is 6.46. The highest BCUT2D eigenvalue weighted by Crippen LogP contribution is 2.48. The van der Waals surface area contributed by atoms with Crippen molar-refractivity contribution in [3.63, 3.8) is 0 Å². The quantitative estimate of drug-likeness (QED) is 0.826. The SMILES string of the molecule is CN(CC(N)C1CCCCC1)CC1CC2CCC1C2. The van der Waals surface area contributed by atoms with Crippen molar-refractivity contribution in [2.24, 2.45) is 29.4 Å². The van der Waals surface area contributed by atoms with Crippen LogP contribution in [0.4, 0.5) is 0 Å². The molecule has 0 amide bonds. The molecule has 0 aromatic carbocycles. The molecule has 2 bridgehead atoms. The Balaban J connectivity index is 1.41. The van der Waals surface area contributed by atoms with E-state index in [9.17, 15) is 0 Å². The minimum Gasteiger partial charge on any atom is -0.326 e. The highest BCUT2D eigenvalue weighted by atomic mass is 15.1. The van der Waals surface area contributed by atoms with E-state index < -0.39 is 0 Å². The van der Waals surface area contributed by atoms with Crippen LogP contribution in [0.5, 0.6) is 0 Å².